The smallest absolute Gasteiger partial charge is 0.352 e. The van der Waals surface area contributed by atoms with Crippen LogP contribution in [0.2, 0.25) is 0 Å². The van der Waals surface area contributed by atoms with E-state index in [2.05, 4.69) is 4.98 Å². The molecule has 9 nitrogen and oxygen atoms in total. The summed E-state index contributed by atoms with van der Waals surface area (Å²) >= 11 is 0. The lowest BCUT2D eigenvalue weighted by Gasteiger charge is -2.46. The molecule has 1 saturated heterocycles. The lowest BCUT2D eigenvalue weighted by Crippen LogP contribution is -2.56. The second kappa shape index (κ2) is 7.81. The Morgan fingerprint density at radius 2 is 1.90 bits per heavy atom. The summed E-state index contributed by atoms with van der Waals surface area (Å²) in [4.78, 5) is 46.0. The number of piperazine rings is 1. The van der Waals surface area contributed by atoms with E-state index in [0.717, 1.165) is 25.7 Å². The van der Waals surface area contributed by atoms with Gasteiger partial charge < -0.3 is 14.7 Å². The van der Waals surface area contributed by atoms with E-state index in [-0.39, 0.29) is 23.6 Å². The van der Waals surface area contributed by atoms with Crippen molar-refractivity contribution >= 4 is 11.8 Å². The summed E-state index contributed by atoms with van der Waals surface area (Å²) in [5, 5.41) is 11.8. The molecule has 2 aliphatic heterocycles. The Labute approximate surface area is 169 Å². The normalized spacial score (nSPS) is 25.1. The Balaban J connectivity index is 1.57. The summed E-state index contributed by atoms with van der Waals surface area (Å²) in [5.74, 6) is -0.645. The summed E-state index contributed by atoms with van der Waals surface area (Å²) in [6.07, 6.45) is 5.36. The highest BCUT2D eigenvalue weighted by molar-refractivity contribution is 5.93. The van der Waals surface area contributed by atoms with E-state index >= 15 is 0 Å². The van der Waals surface area contributed by atoms with Gasteiger partial charge in [0.15, 0.2) is 0 Å². The molecular formula is C20H25N5O4. The highest BCUT2D eigenvalue weighted by Gasteiger charge is 2.48. The molecule has 0 bridgehead atoms. The van der Waals surface area contributed by atoms with Crippen LogP contribution in [0.5, 0.6) is 0 Å². The standard InChI is InChI=1S/C20H25N5O4/c1-22-16-8-3-2-6-14(16)17(18(20(22)27)25(28)29)23-10-12-24(13-11-23)19(26)15-7-4-5-9-21-15/h4-5,7,9,14,16H,2-3,6,8,10-13H2,1H3. The third-order valence-corrected chi connectivity index (χ3v) is 6.32. The first-order valence-corrected chi connectivity index (χ1v) is 10.1. The fourth-order valence-electron chi connectivity index (χ4n) is 4.85. The fourth-order valence-corrected chi connectivity index (χ4v) is 4.85. The summed E-state index contributed by atoms with van der Waals surface area (Å²) < 4.78 is 0. The van der Waals surface area contributed by atoms with Crippen LogP contribution in [0, 0.1) is 16.0 Å². The highest BCUT2D eigenvalue weighted by Crippen LogP contribution is 2.40. The summed E-state index contributed by atoms with van der Waals surface area (Å²) in [6.45, 7) is 1.85. The summed E-state index contributed by atoms with van der Waals surface area (Å²) in [7, 11) is 1.68. The first kappa shape index (κ1) is 19.4. The molecule has 3 aliphatic rings. The number of nitrogens with zero attached hydrogens (tertiary/aromatic N) is 5. The average Bonchev–Trinajstić information content (AvgIpc) is 2.76. The van der Waals surface area contributed by atoms with Crippen molar-refractivity contribution in [3.8, 4) is 0 Å². The zero-order valence-electron chi connectivity index (χ0n) is 16.5. The number of rotatable bonds is 3. The minimum atomic E-state index is -0.523. The Morgan fingerprint density at radius 3 is 2.55 bits per heavy atom. The van der Waals surface area contributed by atoms with Gasteiger partial charge in [-0.2, -0.15) is 0 Å². The quantitative estimate of drug-likeness (QED) is 0.562. The molecule has 3 heterocycles. The van der Waals surface area contributed by atoms with Crippen LogP contribution in [0.4, 0.5) is 0 Å². The highest BCUT2D eigenvalue weighted by atomic mass is 16.6. The van der Waals surface area contributed by atoms with Gasteiger partial charge in [-0.05, 0) is 25.0 Å². The van der Waals surface area contributed by atoms with Gasteiger partial charge in [-0.25, -0.2) is 0 Å². The van der Waals surface area contributed by atoms with Gasteiger partial charge in [-0.1, -0.05) is 18.9 Å². The van der Waals surface area contributed by atoms with Crippen LogP contribution < -0.4 is 0 Å². The van der Waals surface area contributed by atoms with Gasteiger partial charge in [0.25, 0.3) is 5.91 Å². The molecule has 9 heteroatoms. The number of hydrogen-bond acceptors (Lipinski definition) is 6. The van der Waals surface area contributed by atoms with Crippen LogP contribution >= 0.6 is 0 Å². The summed E-state index contributed by atoms with van der Waals surface area (Å²) in [6, 6.07) is 5.24. The zero-order valence-corrected chi connectivity index (χ0v) is 16.5. The van der Waals surface area contributed by atoms with Gasteiger partial charge >= 0.3 is 11.6 Å². The number of likely N-dealkylation sites (N-methyl/N-ethyl adjacent to an activating group) is 1. The molecule has 0 aromatic carbocycles. The minimum absolute atomic E-state index is 0.00936. The molecule has 1 aliphatic carbocycles. The van der Waals surface area contributed by atoms with Crippen molar-refractivity contribution in [1.29, 1.82) is 0 Å². The second-order valence-corrected chi connectivity index (χ2v) is 7.86. The number of amides is 2. The van der Waals surface area contributed by atoms with Crippen LogP contribution in [0.15, 0.2) is 35.8 Å². The van der Waals surface area contributed by atoms with Crippen LogP contribution in [-0.2, 0) is 4.79 Å². The van der Waals surface area contributed by atoms with Gasteiger partial charge in [-0.15, -0.1) is 0 Å². The van der Waals surface area contributed by atoms with E-state index < -0.39 is 10.8 Å². The minimum Gasteiger partial charge on any atom is -0.365 e. The predicted molar refractivity (Wildman–Crippen MR) is 104 cm³/mol. The van der Waals surface area contributed by atoms with Crippen molar-refractivity contribution in [1.82, 2.24) is 19.7 Å². The summed E-state index contributed by atoms with van der Waals surface area (Å²) in [5.41, 5.74) is 0.681. The number of carbonyl (C=O) groups excluding carboxylic acids is 2. The van der Waals surface area contributed by atoms with Crippen molar-refractivity contribution in [3.63, 3.8) is 0 Å². The molecular weight excluding hydrogens is 374 g/mol. The van der Waals surface area contributed by atoms with Crippen molar-refractivity contribution in [2.75, 3.05) is 33.2 Å². The molecule has 0 radical (unpaired) electrons. The van der Waals surface area contributed by atoms with E-state index in [9.17, 15) is 19.7 Å². The molecule has 2 amide bonds. The number of nitro groups is 1. The maximum absolute atomic E-state index is 12.8. The van der Waals surface area contributed by atoms with E-state index in [0.29, 0.717) is 37.6 Å². The third-order valence-electron chi connectivity index (χ3n) is 6.32. The van der Waals surface area contributed by atoms with Gasteiger partial charge in [0.2, 0.25) is 0 Å². The van der Waals surface area contributed by atoms with Crippen LogP contribution in [0.1, 0.15) is 36.2 Å². The number of fused-ring (bicyclic) bond motifs is 1. The van der Waals surface area contributed by atoms with Crippen molar-refractivity contribution in [3.05, 3.63) is 51.6 Å². The monoisotopic (exact) mass is 399 g/mol. The fraction of sp³-hybridized carbons (Fsp3) is 0.550. The Kier molecular flexibility index (Phi) is 5.21. The molecule has 0 spiro atoms. The number of hydrogen-bond donors (Lipinski definition) is 0. The third kappa shape index (κ3) is 3.45. The van der Waals surface area contributed by atoms with Crippen LogP contribution in [0.3, 0.4) is 0 Å². The van der Waals surface area contributed by atoms with Crippen molar-refractivity contribution in [2.24, 2.45) is 5.92 Å². The Hall–Kier alpha value is -2.97. The number of carbonyl (C=O) groups is 2. The molecule has 1 saturated carbocycles. The molecule has 4 rings (SSSR count). The molecule has 1 aromatic heterocycles. The maximum atomic E-state index is 12.8. The first-order chi connectivity index (χ1) is 14.0. The molecule has 2 unspecified atom stereocenters. The lowest BCUT2D eigenvalue weighted by atomic mass is 9.78. The molecule has 2 atom stereocenters. The number of aromatic nitrogens is 1. The van der Waals surface area contributed by atoms with E-state index in [1.54, 1.807) is 41.2 Å². The predicted octanol–water partition coefficient (Wildman–Crippen LogP) is 1.36. The molecule has 0 N–H and O–H groups in total. The second-order valence-electron chi connectivity index (χ2n) is 7.86. The topological polar surface area (TPSA) is 99.9 Å². The largest absolute Gasteiger partial charge is 0.365 e. The van der Waals surface area contributed by atoms with Gasteiger partial charge in [0.1, 0.15) is 11.4 Å². The zero-order chi connectivity index (χ0) is 20.5. The van der Waals surface area contributed by atoms with Gasteiger partial charge in [-0.3, -0.25) is 24.7 Å². The van der Waals surface area contributed by atoms with Crippen molar-refractivity contribution in [2.45, 2.75) is 31.7 Å². The average molecular weight is 399 g/mol. The molecule has 1 aromatic rings. The Morgan fingerprint density at radius 1 is 1.17 bits per heavy atom. The van der Waals surface area contributed by atoms with Gasteiger partial charge in [0.05, 0.1) is 4.92 Å². The molecule has 29 heavy (non-hydrogen) atoms. The van der Waals surface area contributed by atoms with E-state index in [1.165, 1.54) is 0 Å². The van der Waals surface area contributed by atoms with Gasteiger partial charge in [0, 0.05) is 51.4 Å². The number of pyridine rings is 1. The molecule has 2 fully saturated rings. The SMILES string of the molecule is CN1C(=O)C([N+](=O)[O-])=C(N2CCN(C(=O)c3ccccn3)CC2)C2CCCCC21. The van der Waals surface area contributed by atoms with Crippen LogP contribution in [0.25, 0.3) is 0 Å². The molecule has 154 valence electrons. The first-order valence-electron chi connectivity index (χ1n) is 10.1. The Bertz CT molecular complexity index is 848. The van der Waals surface area contributed by atoms with Crippen LogP contribution in [-0.4, -0.2) is 75.7 Å². The maximum Gasteiger partial charge on any atom is 0.352 e. The lowest BCUT2D eigenvalue weighted by molar-refractivity contribution is -0.424. The van der Waals surface area contributed by atoms with E-state index in [1.807, 2.05) is 4.90 Å². The van der Waals surface area contributed by atoms with E-state index in [4.69, 9.17) is 0 Å². The van der Waals surface area contributed by atoms with Crippen molar-refractivity contribution < 1.29 is 14.5 Å².